The molecule has 4 aromatic rings. The Balaban J connectivity index is 0.000000400. The highest BCUT2D eigenvalue weighted by atomic mass is 16.5. The highest BCUT2D eigenvalue weighted by Crippen LogP contribution is 2.32. The lowest BCUT2D eigenvalue weighted by atomic mass is 9.87. The summed E-state index contributed by atoms with van der Waals surface area (Å²) in [5.74, 6) is 1.83. The summed E-state index contributed by atoms with van der Waals surface area (Å²) in [5, 5.41) is 0. The molecule has 0 N–H and O–H groups in total. The molecule has 0 saturated carbocycles. The van der Waals surface area contributed by atoms with E-state index >= 15 is 0 Å². The molecule has 4 rings (SSSR count). The Labute approximate surface area is 292 Å². The summed E-state index contributed by atoms with van der Waals surface area (Å²) in [6.45, 7) is 23.3. The van der Waals surface area contributed by atoms with E-state index in [0.717, 1.165) is 53.4 Å². The normalized spacial score (nSPS) is 11.9. The van der Waals surface area contributed by atoms with E-state index in [1.165, 1.54) is 36.8 Å². The molecule has 0 saturated heterocycles. The zero-order valence-corrected chi connectivity index (χ0v) is 31.6. The topological polar surface area (TPSA) is 53.5 Å². The van der Waals surface area contributed by atoms with Gasteiger partial charge in [0.1, 0.15) is 13.2 Å². The molecule has 5 heteroatoms. The van der Waals surface area contributed by atoms with Crippen LogP contribution in [-0.2, 0) is 18.0 Å². The van der Waals surface area contributed by atoms with E-state index < -0.39 is 0 Å². The van der Waals surface area contributed by atoms with Gasteiger partial charge in [-0.15, -0.1) is 0 Å². The molecule has 5 nitrogen and oxygen atoms in total. The van der Waals surface area contributed by atoms with Gasteiger partial charge in [-0.3, -0.25) is 4.98 Å². The van der Waals surface area contributed by atoms with E-state index in [1.807, 2.05) is 93.6 Å². The summed E-state index contributed by atoms with van der Waals surface area (Å²) in [5.41, 5.74) is 7.46. The maximum Gasteiger partial charge on any atom is 0.226 e. The number of ether oxygens (including phenoxy) is 3. The quantitative estimate of drug-likeness (QED) is 0.120. The van der Waals surface area contributed by atoms with Gasteiger partial charge in [0.05, 0.1) is 16.9 Å². The first-order valence-electron chi connectivity index (χ1n) is 18.1. The summed E-state index contributed by atoms with van der Waals surface area (Å²) in [4.78, 5) is 9.46. The molecule has 0 amide bonds. The van der Waals surface area contributed by atoms with Crippen molar-refractivity contribution in [2.75, 3.05) is 6.61 Å². The minimum Gasteiger partial charge on any atom is -0.473 e. The van der Waals surface area contributed by atoms with Crippen LogP contribution in [0.25, 0.3) is 11.3 Å². The molecule has 0 bridgehead atoms. The third-order valence-electron chi connectivity index (χ3n) is 8.47. The second-order valence-electron chi connectivity index (χ2n) is 12.7. The highest BCUT2D eigenvalue weighted by Gasteiger charge is 2.27. The minimum absolute atomic E-state index is 0.176. The number of hydrogen-bond donors (Lipinski definition) is 0. The van der Waals surface area contributed by atoms with Gasteiger partial charge in [0.2, 0.25) is 11.8 Å². The number of aryl methyl sites for hydroxylation is 2. The molecule has 2 heterocycles. The third kappa shape index (κ3) is 13.4. The molecule has 1 unspecified atom stereocenters. The highest BCUT2D eigenvalue weighted by molar-refractivity contribution is 5.67. The van der Waals surface area contributed by atoms with Crippen molar-refractivity contribution in [3.63, 3.8) is 0 Å². The number of benzene rings is 2. The Bertz CT molecular complexity index is 1420. The standard InChI is InChI=1S/C27H26N2O2.C14H30O.C2H6/c1-19-16-25(28-21(3)20(19)2)24-14-15-26(30-17-22-10-6-4-7-11-22)29-27(24)31-18-23-12-8-5-9-13-23;1-6-10-14(8-3,15-12-7-2)11-9-13(4)5;1-2/h4-16H,17-18H2,1-3H3;13H,6-12H2,1-5H3;1-2H3. The Hall–Kier alpha value is -3.70. The lowest BCUT2D eigenvalue weighted by Gasteiger charge is -2.33. The zero-order chi connectivity index (χ0) is 35.4. The largest absolute Gasteiger partial charge is 0.473 e. The third-order valence-corrected chi connectivity index (χ3v) is 8.47. The van der Waals surface area contributed by atoms with Gasteiger partial charge >= 0.3 is 0 Å². The molecule has 0 aliphatic carbocycles. The molecule has 0 spiro atoms. The van der Waals surface area contributed by atoms with Gasteiger partial charge in [-0.1, -0.05) is 116 Å². The van der Waals surface area contributed by atoms with E-state index in [4.69, 9.17) is 19.2 Å². The first-order chi connectivity index (χ1) is 23.2. The predicted molar refractivity (Wildman–Crippen MR) is 203 cm³/mol. The fourth-order valence-corrected chi connectivity index (χ4v) is 5.35. The number of hydrogen-bond acceptors (Lipinski definition) is 5. The van der Waals surface area contributed by atoms with Crippen LogP contribution in [0.3, 0.4) is 0 Å². The SMILES string of the molecule is CC.CCCOC(CC)(CCC)CCC(C)C.Cc1cc(-c2ccc(OCc3ccccc3)nc2OCc2ccccc2)nc(C)c1C. The van der Waals surface area contributed by atoms with Crippen molar-refractivity contribution < 1.29 is 14.2 Å². The van der Waals surface area contributed by atoms with Crippen LogP contribution >= 0.6 is 0 Å². The summed E-state index contributed by atoms with van der Waals surface area (Å²) in [6, 6.07) is 26.0. The average molecular weight is 655 g/mol. The summed E-state index contributed by atoms with van der Waals surface area (Å²) in [7, 11) is 0. The lowest BCUT2D eigenvalue weighted by molar-refractivity contribution is -0.0635. The smallest absolute Gasteiger partial charge is 0.226 e. The van der Waals surface area contributed by atoms with Gasteiger partial charge in [0.25, 0.3) is 0 Å². The molecular weight excluding hydrogens is 592 g/mol. The molecule has 2 aromatic heterocycles. The summed E-state index contributed by atoms with van der Waals surface area (Å²) < 4.78 is 18.2. The second-order valence-corrected chi connectivity index (χ2v) is 12.7. The van der Waals surface area contributed by atoms with Crippen molar-refractivity contribution in [3.8, 4) is 23.0 Å². The van der Waals surface area contributed by atoms with E-state index in [-0.39, 0.29) is 5.60 Å². The Morgan fingerprint density at radius 1 is 0.708 bits per heavy atom. The molecule has 48 heavy (non-hydrogen) atoms. The molecule has 0 radical (unpaired) electrons. The minimum atomic E-state index is 0.176. The van der Waals surface area contributed by atoms with Gasteiger partial charge in [0, 0.05) is 18.4 Å². The summed E-state index contributed by atoms with van der Waals surface area (Å²) >= 11 is 0. The fourth-order valence-electron chi connectivity index (χ4n) is 5.35. The first-order valence-corrected chi connectivity index (χ1v) is 18.1. The van der Waals surface area contributed by atoms with E-state index in [1.54, 1.807) is 0 Å². The van der Waals surface area contributed by atoms with Crippen molar-refractivity contribution >= 4 is 0 Å². The van der Waals surface area contributed by atoms with Crippen LogP contribution in [0, 0.1) is 26.7 Å². The molecule has 2 aromatic carbocycles. The molecule has 0 aliphatic rings. The van der Waals surface area contributed by atoms with Gasteiger partial charge in [0.15, 0.2) is 0 Å². The van der Waals surface area contributed by atoms with Crippen LogP contribution in [0.5, 0.6) is 11.8 Å². The zero-order valence-electron chi connectivity index (χ0n) is 31.6. The van der Waals surface area contributed by atoms with Gasteiger partial charge < -0.3 is 14.2 Å². The Morgan fingerprint density at radius 2 is 1.31 bits per heavy atom. The van der Waals surface area contributed by atoms with Crippen LogP contribution < -0.4 is 9.47 Å². The summed E-state index contributed by atoms with van der Waals surface area (Å²) in [6.07, 6.45) is 7.26. The van der Waals surface area contributed by atoms with Crippen LogP contribution in [-0.4, -0.2) is 22.2 Å². The van der Waals surface area contributed by atoms with Gasteiger partial charge in [-0.2, -0.15) is 4.98 Å². The maximum absolute atomic E-state index is 6.15. The number of nitrogens with zero attached hydrogens (tertiary/aromatic N) is 2. The van der Waals surface area contributed by atoms with E-state index in [0.29, 0.717) is 25.0 Å². The lowest BCUT2D eigenvalue weighted by Crippen LogP contribution is -2.32. The van der Waals surface area contributed by atoms with Crippen molar-refractivity contribution in [1.82, 2.24) is 9.97 Å². The van der Waals surface area contributed by atoms with Crippen LogP contribution in [0.15, 0.2) is 78.9 Å². The molecule has 0 aliphatic heterocycles. The van der Waals surface area contributed by atoms with Crippen LogP contribution in [0.4, 0.5) is 0 Å². The molecular formula is C43H62N2O3. The molecule has 1 atom stereocenters. The number of rotatable bonds is 16. The van der Waals surface area contributed by atoms with Gasteiger partial charge in [-0.25, -0.2) is 0 Å². The predicted octanol–water partition coefficient (Wildman–Crippen LogP) is 12.1. The number of aromatic nitrogens is 2. The van der Waals surface area contributed by atoms with Gasteiger partial charge in [-0.05, 0) is 93.2 Å². The van der Waals surface area contributed by atoms with Crippen molar-refractivity contribution in [1.29, 1.82) is 0 Å². The second kappa shape index (κ2) is 22.0. The van der Waals surface area contributed by atoms with Crippen LogP contribution in [0.1, 0.15) is 115 Å². The first kappa shape index (κ1) is 40.5. The average Bonchev–Trinajstić information content (AvgIpc) is 3.12. The monoisotopic (exact) mass is 654 g/mol. The Kier molecular flexibility index (Phi) is 18.6. The number of pyridine rings is 2. The fraction of sp³-hybridized carbons (Fsp3) is 0.488. The molecule has 0 fully saturated rings. The van der Waals surface area contributed by atoms with Crippen molar-refractivity contribution in [2.45, 2.75) is 127 Å². The van der Waals surface area contributed by atoms with Crippen molar-refractivity contribution in [2.24, 2.45) is 5.92 Å². The van der Waals surface area contributed by atoms with E-state index in [9.17, 15) is 0 Å². The Morgan fingerprint density at radius 3 is 1.83 bits per heavy atom. The maximum atomic E-state index is 6.15. The van der Waals surface area contributed by atoms with Crippen molar-refractivity contribution in [3.05, 3.63) is 107 Å². The molecule has 262 valence electrons. The van der Waals surface area contributed by atoms with Crippen LogP contribution in [0.2, 0.25) is 0 Å². The van der Waals surface area contributed by atoms with E-state index in [2.05, 4.69) is 59.5 Å².